The molecule has 2 fully saturated rings. The molecule has 4 atom stereocenters. The molecule has 0 bridgehead atoms. The number of para-hydroxylation sites is 4. The molecule has 2 saturated heterocycles. The van der Waals surface area contributed by atoms with Crippen molar-refractivity contribution in [3.05, 3.63) is 60.7 Å². The quantitative estimate of drug-likeness (QED) is 0.315. The summed E-state index contributed by atoms with van der Waals surface area (Å²) in [5.74, 6) is 1.08. The fourth-order valence-corrected chi connectivity index (χ4v) is 4.22. The zero-order valence-electron chi connectivity index (χ0n) is 21.6. The predicted molar refractivity (Wildman–Crippen MR) is 139 cm³/mol. The molecule has 4 unspecified atom stereocenters. The Labute approximate surface area is 222 Å². The maximum atomic E-state index is 12.4. The number of nitrogens with one attached hydrogen (secondary N) is 2. The van der Waals surface area contributed by atoms with Gasteiger partial charge in [0.15, 0.2) is 35.2 Å². The first kappa shape index (κ1) is 27.3. The van der Waals surface area contributed by atoms with Gasteiger partial charge in [-0.2, -0.15) is 0 Å². The van der Waals surface area contributed by atoms with Gasteiger partial charge in [0.25, 0.3) is 0 Å². The Balaban J connectivity index is 1.27. The van der Waals surface area contributed by atoms with Crippen LogP contribution in [-0.2, 0) is 19.1 Å². The summed E-state index contributed by atoms with van der Waals surface area (Å²) in [5, 5.41) is 6.32. The van der Waals surface area contributed by atoms with Gasteiger partial charge >= 0.3 is 11.9 Å². The second kappa shape index (κ2) is 13.7. The molecule has 0 saturated carbocycles. The molecule has 2 aromatic carbocycles. The minimum atomic E-state index is -0.662. The van der Waals surface area contributed by atoms with Crippen LogP contribution >= 0.6 is 0 Å². The first-order chi connectivity index (χ1) is 18.6. The van der Waals surface area contributed by atoms with Crippen LogP contribution in [0.4, 0.5) is 0 Å². The highest BCUT2D eigenvalue weighted by Crippen LogP contribution is 2.30. The third-order valence-corrected chi connectivity index (χ3v) is 5.96. The number of hydrogen-bond donors (Lipinski definition) is 2. The second-order valence-corrected chi connectivity index (χ2v) is 8.67. The van der Waals surface area contributed by atoms with Gasteiger partial charge in [-0.1, -0.05) is 24.3 Å². The number of carbonyl (C=O) groups is 2. The predicted octanol–water partition coefficient (Wildman–Crippen LogP) is 2.27. The Morgan fingerprint density at radius 3 is 1.42 bits per heavy atom. The van der Waals surface area contributed by atoms with Gasteiger partial charge < -0.3 is 39.1 Å². The van der Waals surface area contributed by atoms with Crippen LogP contribution in [-0.4, -0.2) is 75.7 Å². The standard InChI is InChI=1S/C28H34N2O8/c1-3-33-19-9-5-7-11-21(19)35-23-15-29-17-25(23)37-27(31)13-14-28(32)38-26-18-30-16-24(26)36-22-12-8-6-10-20(22)34-4-2/h5-14,23-26,29-30H,3-4,15-18H2,1-2H3/b14-13+. The lowest BCUT2D eigenvalue weighted by molar-refractivity contribution is -0.148. The molecule has 0 aromatic heterocycles. The molecule has 2 aliphatic rings. The lowest BCUT2D eigenvalue weighted by atomic mass is 10.2. The molecule has 204 valence electrons. The van der Waals surface area contributed by atoms with E-state index in [1.165, 1.54) is 0 Å². The number of carbonyl (C=O) groups excluding carboxylic acids is 2. The van der Waals surface area contributed by atoms with Crippen molar-refractivity contribution in [2.24, 2.45) is 0 Å². The molecule has 0 aliphatic carbocycles. The van der Waals surface area contributed by atoms with E-state index in [1.807, 2.05) is 62.4 Å². The van der Waals surface area contributed by atoms with E-state index in [9.17, 15) is 9.59 Å². The minimum Gasteiger partial charge on any atom is -0.490 e. The van der Waals surface area contributed by atoms with Crippen molar-refractivity contribution in [2.45, 2.75) is 38.3 Å². The van der Waals surface area contributed by atoms with Gasteiger partial charge in [-0.15, -0.1) is 0 Å². The van der Waals surface area contributed by atoms with E-state index in [0.29, 0.717) is 62.4 Å². The first-order valence-corrected chi connectivity index (χ1v) is 12.8. The number of esters is 2. The summed E-state index contributed by atoms with van der Waals surface area (Å²) in [7, 11) is 0. The fourth-order valence-electron chi connectivity index (χ4n) is 4.22. The van der Waals surface area contributed by atoms with Crippen LogP contribution in [0.25, 0.3) is 0 Å². The van der Waals surface area contributed by atoms with Crippen LogP contribution in [0.2, 0.25) is 0 Å². The Morgan fingerprint density at radius 2 is 1.03 bits per heavy atom. The lowest BCUT2D eigenvalue weighted by Gasteiger charge is -2.22. The molecule has 2 heterocycles. The third-order valence-electron chi connectivity index (χ3n) is 5.96. The molecule has 2 aliphatic heterocycles. The molecular formula is C28H34N2O8. The Kier molecular flexibility index (Phi) is 9.83. The molecular weight excluding hydrogens is 492 g/mol. The number of hydrogen-bond acceptors (Lipinski definition) is 10. The van der Waals surface area contributed by atoms with Crippen molar-refractivity contribution >= 4 is 11.9 Å². The van der Waals surface area contributed by atoms with Crippen molar-refractivity contribution in [3.8, 4) is 23.0 Å². The zero-order chi connectivity index (χ0) is 26.7. The number of rotatable bonds is 12. The van der Waals surface area contributed by atoms with Crippen LogP contribution in [0, 0.1) is 0 Å². The van der Waals surface area contributed by atoms with Gasteiger partial charge in [0.05, 0.1) is 13.2 Å². The molecule has 4 rings (SSSR count). The van der Waals surface area contributed by atoms with Crippen molar-refractivity contribution in [1.82, 2.24) is 10.6 Å². The zero-order valence-corrected chi connectivity index (χ0v) is 21.6. The molecule has 0 spiro atoms. The summed E-state index contributed by atoms with van der Waals surface area (Å²) in [6.07, 6.45) is 0.272. The van der Waals surface area contributed by atoms with Gasteiger partial charge in [-0.3, -0.25) is 0 Å². The lowest BCUT2D eigenvalue weighted by Crippen LogP contribution is -2.34. The normalized spacial score (nSPS) is 22.7. The van der Waals surface area contributed by atoms with Crippen LogP contribution in [0.15, 0.2) is 60.7 Å². The van der Waals surface area contributed by atoms with E-state index < -0.39 is 36.4 Å². The SMILES string of the molecule is CCOc1ccccc1OC1CNCC1OC(=O)/C=C/C(=O)OC1CNCC1Oc1ccccc1OCC. The summed E-state index contributed by atoms with van der Waals surface area (Å²) >= 11 is 0. The van der Waals surface area contributed by atoms with Crippen LogP contribution in [0.5, 0.6) is 23.0 Å². The molecule has 10 nitrogen and oxygen atoms in total. The van der Waals surface area contributed by atoms with Crippen molar-refractivity contribution in [1.29, 1.82) is 0 Å². The molecule has 2 aromatic rings. The van der Waals surface area contributed by atoms with Crippen LogP contribution in [0.1, 0.15) is 13.8 Å². The monoisotopic (exact) mass is 526 g/mol. The van der Waals surface area contributed by atoms with Gasteiger partial charge in [0.1, 0.15) is 12.2 Å². The maximum Gasteiger partial charge on any atom is 0.331 e. The van der Waals surface area contributed by atoms with Crippen molar-refractivity contribution in [2.75, 3.05) is 39.4 Å². The summed E-state index contributed by atoms with van der Waals surface area (Å²) in [6.45, 7) is 6.68. The first-order valence-electron chi connectivity index (χ1n) is 12.8. The van der Waals surface area contributed by atoms with E-state index in [2.05, 4.69) is 10.6 Å². The highest BCUT2D eigenvalue weighted by atomic mass is 16.6. The summed E-state index contributed by atoms with van der Waals surface area (Å²) in [5.41, 5.74) is 0. The molecule has 10 heteroatoms. The van der Waals surface area contributed by atoms with Gasteiger partial charge in [0, 0.05) is 38.3 Å². The van der Waals surface area contributed by atoms with Gasteiger partial charge in [-0.25, -0.2) is 9.59 Å². The highest BCUT2D eigenvalue weighted by Gasteiger charge is 2.34. The Morgan fingerprint density at radius 1 is 0.658 bits per heavy atom. The smallest absolute Gasteiger partial charge is 0.331 e. The van der Waals surface area contributed by atoms with Crippen LogP contribution < -0.4 is 29.6 Å². The summed E-state index contributed by atoms with van der Waals surface area (Å²) in [6, 6.07) is 14.7. The summed E-state index contributed by atoms with van der Waals surface area (Å²) in [4.78, 5) is 24.9. The van der Waals surface area contributed by atoms with E-state index >= 15 is 0 Å². The number of benzene rings is 2. The average molecular weight is 527 g/mol. The minimum absolute atomic E-state index is 0.400. The van der Waals surface area contributed by atoms with E-state index in [0.717, 1.165) is 12.2 Å². The Bertz CT molecular complexity index is 1020. The van der Waals surface area contributed by atoms with E-state index in [-0.39, 0.29) is 0 Å². The molecule has 2 N–H and O–H groups in total. The largest absolute Gasteiger partial charge is 0.490 e. The summed E-state index contributed by atoms with van der Waals surface area (Å²) < 4.78 is 34.4. The Hall–Kier alpha value is -3.76. The van der Waals surface area contributed by atoms with E-state index in [1.54, 1.807) is 0 Å². The number of ether oxygens (including phenoxy) is 6. The molecule has 0 radical (unpaired) electrons. The van der Waals surface area contributed by atoms with Crippen LogP contribution in [0.3, 0.4) is 0 Å². The fraction of sp³-hybridized carbons (Fsp3) is 0.429. The highest BCUT2D eigenvalue weighted by molar-refractivity contribution is 5.91. The van der Waals surface area contributed by atoms with Crippen molar-refractivity contribution in [3.63, 3.8) is 0 Å². The molecule has 38 heavy (non-hydrogen) atoms. The van der Waals surface area contributed by atoms with Gasteiger partial charge in [-0.05, 0) is 38.1 Å². The topological polar surface area (TPSA) is 114 Å². The maximum absolute atomic E-state index is 12.4. The second-order valence-electron chi connectivity index (χ2n) is 8.67. The van der Waals surface area contributed by atoms with Crippen molar-refractivity contribution < 1.29 is 38.0 Å². The average Bonchev–Trinajstić information content (AvgIpc) is 3.54. The van der Waals surface area contributed by atoms with Gasteiger partial charge in [0.2, 0.25) is 0 Å². The molecule has 0 amide bonds. The third kappa shape index (κ3) is 7.39. The van der Waals surface area contributed by atoms with E-state index in [4.69, 9.17) is 28.4 Å².